The predicted molar refractivity (Wildman–Crippen MR) is 92.6 cm³/mol. The van der Waals surface area contributed by atoms with Crippen LogP contribution in [0.5, 0.6) is 0 Å². The Bertz CT molecular complexity index is 797. The number of sulfonamides is 1. The molecule has 0 radical (unpaired) electrons. The number of hydrogen-bond donors (Lipinski definition) is 2. The smallest absolute Gasteiger partial charge is 0.319 e. The van der Waals surface area contributed by atoms with E-state index < -0.39 is 27.3 Å². The van der Waals surface area contributed by atoms with Crippen molar-refractivity contribution in [1.82, 2.24) is 9.62 Å². The predicted octanol–water partition coefficient (Wildman–Crippen LogP) is 0.330. The van der Waals surface area contributed by atoms with Crippen LogP contribution >= 0.6 is 0 Å². The van der Waals surface area contributed by atoms with Crippen LogP contribution < -0.4 is 5.32 Å². The summed E-state index contributed by atoms with van der Waals surface area (Å²) in [5.74, 6) is -1.79. The molecule has 9 heteroatoms. The first-order valence-electron chi connectivity index (χ1n) is 8.49. The molecule has 8 nitrogen and oxygen atoms in total. The van der Waals surface area contributed by atoms with E-state index in [0.717, 1.165) is 0 Å². The van der Waals surface area contributed by atoms with Crippen LogP contribution in [0.4, 0.5) is 0 Å². The summed E-state index contributed by atoms with van der Waals surface area (Å²) >= 11 is 0. The van der Waals surface area contributed by atoms with Gasteiger partial charge in [-0.1, -0.05) is 24.3 Å². The van der Waals surface area contributed by atoms with Crippen LogP contribution in [0, 0.1) is 5.41 Å². The van der Waals surface area contributed by atoms with E-state index in [4.69, 9.17) is 9.84 Å². The summed E-state index contributed by atoms with van der Waals surface area (Å²) in [5, 5.41) is 11.8. The monoisotopic (exact) mass is 382 g/mol. The quantitative estimate of drug-likeness (QED) is 0.657. The third-order valence-corrected chi connectivity index (χ3v) is 6.68. The number of benzene rings is 1. The normalized spacial score (nSPS) is 19.7. The summed E-state index contributed by atoms with van der Waals surface area (Å²) in [6, 6.07) is 6.96. The van der Waals surface area contributed by atoms with Crippen molar-refractivity contribution in [2.75, 3.05) is 26.3 Å². The van der Waals surface area contributed by atoms with Gasteiger partial charge in [0.05, 0.1) is 19.0 Å². The zero-order chi connectivity index (χ0) is 18.8. The van der Waals surface area contributed by atoms with Crippen molar-refractivity contribution in [3.8, 4) is 0 Å². The first-order chi connectivity index (χ1) is 12.3. The van der Waals surface area contributed by atoms with Crippen LogP contribution in [-0.4, -0.2) is 56.0 Å². The van der Waals surface area contributed by atoms with Crippen LogP contribution in [-0.2, 0) is 36.6 Å². The lowest BCUT2D eigenvalue weighted by Gasteiger charge is -2.26. The van der Waals surface area contributed by atoms with Gasteiger partial charge >= 0.3 is 5.97 Å². The highest BCUT2D eigenvalue weighted by molar-refractivity contribution is 7.88. The average molecular weight is 382 g/mol. The lowest BCUT2D eigenvalue weighted by atomic mass is 10.1. The van der Waals surface area contributed by atoms with Crippen molar-refractivity contribution in [3.05, 3.63) is 35.4 Å². The van der Waals surface area contributed by atoms with E-state index in [1.54, 1.807) is 24.3 Å². The Hall–Kier alpha value is -1.97. The van der Waals surface area contributed by atoms with Gasteiger partial charge in [0.2, 0.25) is 15.9 Å². The highest BCUT2D eigenvalue weighted by atomic mass is 32.2. The Morgan fingerprint density at radius 3 is 2.35 bits per heavy atom. The Labute approximate surface area is 152 Å². The molecule has 0 bridgehead atoms. The summed E-state index contributed by atoms with van der Waals surface area (Å²) in [5.41, 5.74) is -0.0483. The van der Waals surface area contributed by atoms with Crippen molar-refractivity contribution >= 4 is 21.9 Å². The third kappa shape index (κ3) is 3.89. The van der Waals surface area contributed by atoms with Crippen LogP contribution in [0.15, 0.2) is 24.3 Å². The molecule has 0 unspecified atom stereocenters. The number of aliphatic carboxylic acids is 1. The molecule has 0 aromatic heterocycles. The van der Waals surface area contributed by atoms with E-state index in [1.807, 2.05) is 0 Å². The van der Waals surface area contributed by atoms with Gasteiger partial charge in [-0.25, -0.2) is 8.42 Å². The minimum absolute atomic E-state index is 0.0999. The second-order valence-electron chi connectivity index (χ2n) is 6.61. The Morgan fingerprint density at radius 2 is 1.77 bits per heavy atom. The molecule has 3 rings (SSSR count). The molecule has 1 heterocycles. The number of carboxylic acids is 1. The molecule has 2 aliphatic rings. The number of hydrogen-bond acceptors (Lipinski definition) is 5. The molecule has 1 saturated carbocycles. The molecule has 142 valence electrons. The number of nitrogens with one attached hydrogen (secondary N) is 1. The van der Waals surface area contributed by atoms with E-state index in [2.05, 4.69) is 5.32 Å². The van der Waals surface area contributed by atoms with Crippen LogP contribution in [0.2, 0.25) is 0 Å². The molecule has 1 aliphatic carbocycles. The molecule has 2 fully saturated rings. The van der Waals surface area contributed by atoms with E-state index in [-0.39, 0.29) is 12.3 Å². The molecule has 1 amide bonds. The van der Waals surface area contributed by atoms with Gasteiger partial charge < -0.3 is 15.2 Å². The Morgan fingerprint density at radius 1 is 1.15 bits per heavy atom. The van der Waals surface area contributed by atoms with Gasteiger partial charge in [0, 0.05) is 19.6 Å². The fraction of sp³-hybridized carbons (Fsp3) is 0.529. The number of nitrogens with zero attached hydrogens (tertiary/aromatic N) is 1. The maximum atomic E-state index is 12.6. The van der Waals surface area contributed by atoms with E-state index in [9.17, 15) is 18.0 Å². The minimum atomic E-state index is -3.48. The number of carboxylic acid groups (broad SMARTS) is 1. The Balaban J connectivity index is 1.68. The SMILES string of the molecule is O=C(O)C1(C(=O)NCc2ccccc2CS(=O)(=O)N2CCOCC2)CC1. The summed E-state index contributed by atoms with van der Waals surface area (Å²) < 4.78 is 31.8. The molecular formula is C17H22N2O6S. The summed E-state index contributed by atoms with van der Waals surface area (Å²) in [4.78, 5) is 23.4. The Kier molecular flexibility index (Phi) is 5.31. The average Bonchev–Trinajstić information content (AvgIpc) is 3.43. The number of ether oxygens (including phenoxy) is 1. The summed E-state index contributed by atoms with van der Waals surface area (Å²) in [6.07, 6.45) is 0.669. The minimum Gasteiger partial charge on any atom is -0.480 e. The third-order valence-electron chi connectivity index (χ3n) is 4.85. The molecule has 0 atom stereocenters. The van der Waals surface area contributed by atoms with Crippen LogP contribution in [0.3, 0.4) is 0 Å². The maximum absolute atomic E-state index is 12.6. The topological polar surface area (TPSA) is 113 Å². The summed E-state index contributed by atoms with van der Waals surface area (Å²) in [6.45, 7) is 1.54. The highest BCUT2D eigenvalue weighted by Crippen LogP contribution is 2.46. The molecule has 1 aromatic rings. The van der Waals surface area contributed by atoms with Gasteiger partial charge in [-0.3, -0.25) is 9.59 Å². The molecular weight excluding hydrogens is 360 g/mol. The molecule has 2 N–H and O–H groups in total. The molecule has 1 aromatic carbocycles. The molecule has 0 spiro atoms. The highest BCUT2D eigenvalue weighted by Gasteiger charge is 2.56. The van der Waals surface area contributed by atoms with Crippen LogP contribution in [0.25, 0.3) is 0 Å². The van der Waals surface area contributed by atoms with E-state index in [0.29, 0.717) is 50.3 Å². The van der Waals surface area contributed by atoms with E-state index >= 15 is 0 Å². The lowest BCUT2D eigenvalue weighted by molar-refractivity contribution is -0.149. The van der Waals surface area contributed by atoms with Gasteiger partial charge in [0.15, 0.2) is 0 Å². The molecule has 1 saturated heterocycles. The first kappa shape index (κ1) is 18.8. The lowest BCUT2D eigenvalue weighted by Crippen LogP contribution is -2.41. The molecule has 1 aliphatic heterocycles. The van der Waals surface area contributed by atoms with Gasteiger partial charge in [0.25, 0.3) is 0 Å². The van der Waals surface area contributed by atoms with Crippen molar-refractivity contribution < 1.29 is 27.9 Å². The number of amides is 1. The second kappa shape index (κ2) is 7.34. The number of carbonyl (C=O) groups excluding carboxylic acids is 1. The number of carbonyl (C=O) groups is 2. The van der Waals surface area contributed by atoms with Crippen LogP contribution in [0.1, 0.15) is 24.0 Å². The van der Waals surface area contributed by atoms with Gasteiger partial charge in [0.1, 0.15) is 5.41 Å². The zero-order valence-corrected chi connectivity index (χ0v) is 15.1. The van der Waals surface area contributed by atoms with Crippen molar-refractivity contribution in [1.29, 1.82) is 0 Å². The summed E-state index contributed by atoms with van der Waals surface area (Å²) in [7, 11) is -3.48. The standard InChI is InChI=1S/C17H22N2O6S/c20-15(17(5-6-17)16(21)22)18-11-13-3-1-2-4-14(13)12-26(23,24)19-7-9-25-10-8-19/h1-4H,5-12H2,(H,18,20)(H,21,22). The largest absolute Gasteiger partial charge is 0.480 e. The number of rotatable bonds is 7. The fourth-order valence-electron chi connectivity index (χ4n) is 2.99. The van der Waals surface area contributed by atoms with Gasteiger partial charge in [-0.15, -0.1) is 0 Å². The fourth-order valence-corrected chi connectivity index (χ4v) is 4.55. The first-order valence-corrected chi connectivity index (χ1v) is 10.1. The van der Waals surface area contributed by atoms with E-state index in [1.165, 1.54) is 4.31 Å². The maximum Gasteiger partial charge on any atom is 0.319 e. The zero-order valence-electron chi connectivity index (χ0n) is 14.3. The second-order valence-corrected chi connectivity index (χ2v) is 8.58. The van der Waals surface area contributed by atoms with Gasteiger partial charge in [-0.2, -0.15) is 4.31 Å². The van der Waals surface area contributed by atoms with Gasteiger partial charge in [-0.05, 0) is 24.0 Å². The molecule has 26 heavy (non-hydrogen) atoms. The van der Waals surface area contributed by atoms with Crippen molar-refractivity contribution in [2.24, 2.45) is 5.41 Å². The van der Waals surface area contributed by atoms with Crippen molar-refractivity contribution in [3.63, 3.8) is 0 Å². The number of morpholine rings is 1. The van der Waals surface area contributed by atoms with Crippen molar-refractivity contribution in [2.45, 2.75) is 25.1 Å².